The third-order valence-corrected chi connectivity index (χ3v) is 5.91. The van der Waals surface area contributed by atoms with E-state index in [9.17, 15) is 39.0 Å². The number of nitrogens with zero attached hydrogens (tertiary/aromatic N) is 1. The molecule has 16 nitrogen and oxygen atoms in total. The topological polar surface area (TPSA) is 280 Å². The number of aliphatic carboxylic acids is 2. The minimum Gasteiger partial charge on any atom is -0.508 e. The van der Waals surface area contributed by atoms with Gasteiger partial charge in [-0.25, -0.2) is 9.78 Å². The summed E-state index contributed by atoms with van der Waals surface area (Å²) in [7, 11) is 0. The minimum atomic E-state index is -1.49. The molecule has 0 fully saturated rings. The second-order valence-corrected chi connectivity index (χ2v) is 9.22. The van der Waals surface area contributed by atoms with Crippen molar-refractivity contribution in [3.63, 3.8) is 0 Å². The number of aromatic nitrogens is 2. The molecule has 0 bridgehead atoms. The summed E-state index contributed by atoms with van der Waals surface area (Å²) >= 11 is 0. The number of carbonyl (C=O) groups excluding carboxylic acids is 4. The molecular formula is C25H33N7O9. The summed E-state index contributed by atoms with van der Waals surface area (Å²) < 4.78 is 0. The van der Waals surface area contributed by atoms with Crippen LogP contribution in [0.25, 0.3) is 0 Å². The Hall–Kier alpha value is -4.99. The van der Waals surface area contributed by atoms with Crippen molar-refractivity contribution in [2.75, 3.05) is 0 Å². The fourth-order valence-electron chi connectivity index (χ4n) is 3.71. The zero-order valence-electron chi connectivity index (χ0n) is 21.9. The van der Waals surface area contributed by atoms with Crippen molar-refractivity contribution < 1.29 is 44.1 Å². The van der Waals surface area contributed by atoms with Gasteiger partial charge in [-0.15, -0.1) is 0 Å². The van der Waals surface area contributed by atoms with Gasteiger partial charge < -0.3 is 47.7 Å². The second-order valence-electron chi connectivity index (χ2n) is 9.22. The summed E-state index contributed by atoms with van der Waals surface area (Å²) in [5.74, 6) is -6.02. The van der Waals surface area contributed by atoms with Crippen molar-refractivity contribution in [1.29, 1.82) is 0 Å². The van der Waals surface area contributed by atoms with E-state index in [1.807, 2.05) is 0 Å². The zero-order valence-corrected chi connectivity index (χ0v) is 21.9. The SMILES string of the molecule is NC(=O)CCC(NC(=O)C(Cc1cnc[nH]1)NC(=O)C(CCC(=O)O)NC(=O)C(N)Cc1ccc(O)cc1)C(=O)O. The van der Waals surface area contributed by atoms with E-state index in [-0.39, 0.29) is 37.9 Å². The van der Waals surface area contributed by atoms with Gasteiger partial charge in [-0.3, -0.25) is 24.0 Å². The quantitative estimate of drug-likeness (QED) is 0.0984. The van der Waals surface area contributed by atoms with Crippen LogP contribution in [-0.2, 0) is 41.6 Å². The molecule has 0 aliphatic rings. The summed E-state index contributed by atoms with van der Waals surface area (Å²) in [5.41, 5.74) is 12.1. The van der Waals surface area contributed by atoms with Crippen LogP contribution >= 0.6 is 0 Å². The number of hydrogen-bond acceptors (Lipinski definition) is 9. The lowest BCUT2D eigenvalue weighted by atomic mass is 10.0. The van der Waals surface area contributed by atoms with Gasteiger partial charge in [-0.2, -0.15) is 0 Å². The first-order chi connectivity index (χ1) is 19.3. The molecule has 2 rings (SSSR count). The van der Waals surface area contributed by atoms with Crippen molar-refractivity contribution in [3.05, 3.63) is 48.0 Å². The van der Waals surface area contributed by atoms with Gasteiger partial charge in [-0.05, 0) is 37.0 Å². The number of aromatic amines is 1. The molecule has 4 unspecified atom stereocenters. The Morgan fingerprint density at radius 1 is 0.829 bits per heavy atom. The van der Waals surface area contributed by atoms with Gasteiger partial charge in [0.25, 0.3) is 0 Å². The first-order valence-electron chi connectivity index (χ1n) is 12.5. The fourth-order valence-corrected chi connectivity index (χ4v) is 3.71. The van der Waals surface area contributed by atoms with E-state index in [1.165, 1.54) is 24.7 Å². The van der Waals surface area contributed by atoms with E-state index >= 15 is 0 Å². The normalized spacial score (nSPS) is 13.7. The molecular weight excluding hydrogens is 542 g/mol. The average molecular weight is 576 g/mol. The zero-order chi connectivity index (χ0) is 30.5. The maximum atomic E-state index is 13.2. The fraction of sp³-hybridized carbons (Fsp3) is 0.400. The molecule has 0 aliphatic heterocycles. The van der Waals surface area contributed by atoms with Crippen molar-refractivity contribution in [2.45, 2.75) is 62.7 Å². The summed E-state index contributed by atoms with van der Waals surface area (Å²) in [6, 6.07) is 0.530. The van der Waals surface area contributed by atoms with Crippen LogP contribution in [0, 0.1) is 0 Å². The van der Waals surface area contributed by atoms with Crippen molar-refractivity contribution in [1.82, 2.24) is 25.9 Å². The lowest BCUT2D eigenvalue weighted by molar-refractivity contribution is -0.142. The maximum absolute atomic E-state index is 13.2. The highest BCUT2D eigenvalue weighted by molar-refractivity contribution is 5.94. The molecule has 0 saturated carbocycles. The van der Waals surface area contributed by atoms with Crippen LogP contribution in [0.15, 0.2) is 36.8 Å². The molecule has 4 amide bonds. The van der Waals surface area contributed by atoms with Gasteiger partial charge in [0.15, 0.2) is 0 Å². The predicted octanol–water partition coefficient (Wildman–Crippen LogP) is -2.10. The number of nitrogens with two attached hydrogens (primary N) is 2. The predicted molar refractivity (Wildman–Crippen MR) is 141 cm³/mol. The van der Waals surface area contributed by atoms with Gasteiger partial charge in [-0.1, -0.05) is 12.1 Å². The lowest BCUT2D eigenvalue weighted by Crippen LogP contribution is -2.58. The molecule has 4 atom stereocenters. The number of imidazole rings is 1. The first kappa shape index (κ1) is 32.2. The molecule has 0 aliphatic carbocycles. The Bertz CT molecular complexity index is 1220. The molecule has 0 radical (unpaired) electrons. The molecule has 2 aromatic rings. The van der Waals surface area contributed by atoms with Crippen molar-refractivity contribution >= 4 is 35.6 Å². The highest BCUT2D eigenvalue weighted by atomic mass is 16.4. The van der Waals surface area contributed by atoms with Gasteiger partial charge in [0.1, 0.15) is 23.9 Å². The Kier molecular flexibility index (Phi) is 12.2. The number of aromatic hydroxyl groups is 1. The summed E-state index contributed by atoms with van der Waals surface area (Å²) in [4.78, 5) is 79.5. The van der Waals surface area contributed by atoms with E-state index in [0.717, 1.165) is 0 Å². The number of carboxylic acids is 2. The number of benzene rings is 1. The number of rotatable bonds is 17. The standard InChI is InChI=1S/C25H33N7O9/c26-16(9-13-1-3-15(33)4-2-13)22(37)30-17(6-8-21(35)36)23(38)32-19(10-14-11-28-12-29-14)24(39)31-18(25(40)41)5-7-20(27)34/h1-4,11-12,16-19,33H,5-10,26H2,(H2,27,34)(H,28,29)(H,30,37)(H,31,39)(H,32,38)(H,35,36)(H,40,41). The Balaban J connectivity index is 2.19. The molecule has 0 saturated heterocycles. The van der Waals surface area contributed by atoms with Crippen LogP contribution in [-0.4, -0.2) is 85.0 Å². The van der Waals surface area contributed by atoms with E-state index < -0.39 is 66.2 Å². The van der Waals surface area contributed by atoms with E-state index in [4.69, 9.17) is 16.6 Å². The van der Waals surface area contributed by atoms with Crippen LogP contribution in [0.3, 0.4) is 0 Å². The summed E-state index contributed by atoms with van der Waals surface area (Å²) in [5, 5.41) is 35.1. The number of nitrogens with one attached hydrogen (secondary N) is 4. The number of carbonyl (C=O) groups is 6. The Labute approximate surface area is 233 Å². The second kappa shape index (κ2) is 15.6. The number of carboxylic acid groups (broad SMARTS) is 2. The van der Waals surface area contributed by atoms with Crippen LogP contribution in [0.2, 0.25) is 0 Å². The molecule has 16 heteroatoms. The molecule has 1 heterocycles. The van der Waals surface area contributed by atoms with Crippen molar-refractivity contribution in [3.8, 4) is 5.75 Å². The van der Waals surface area contributed by atoms with Crippen LogP contribution in [0.5, 0.6) is 5.75 Å². The Morgan fingerprint density at radius 2 is 1.41 bits per heavy atom. The minimum absolute atomic E-state index is 0.0217. The van der Waals surface area contributed by atoms with Crippen LogP contribution in [0.1, 0.15) is 36.9 Å². The first-order valence-corrected chi connectivity index (χ1v) is 12.5. The van der Waals surface area contributed by atoms with Gasteiger partial charge >= 0.3 is 11.9 Å². The van der Waals surface area contributed by atoms with Crippen LogP contribution in [0.4, 0.5) is 0 Å². The summed E-state index contributed by atoms with van der Waals surface area (Å²) in [6.07, 6.45) is 1.13. The number of phenolic OH excluding ortho intramolecular Hbond substituents is 1. The van der Waals surface area contributed by atoms with Crippen LogP contribution < -0.4 is 27.4 Å². The van der Waals surface area contributed by atoms with Gasteiger partial charge in [0.05, 0.1) is 12.4 Å². The molecule has 11 N–H and O–H groups in total. The molecule has 1 aromatic heterocycles. The summed E-state index contributed by atoms with van der Waals surface area (Å²) in [6.45, 7) is 0. The molecule has 222 valence electrons. The number of hydrogen-bond donors (Lipinski definition) is 9. The number of amides is 4. The third-order valence-electron chi connectivity index (χ3n) is 5.91. The van der Waals surface area contributed by atoms with E-state index in [0.29, 0.717) is 11.3 Å². The largest absolute Gasteiger partial charge is 0.508 e. The van der Waals surface area contributed by atoms with E-state index in [2.05, 4.69) is 25.9 Å². The smallest absolute Gasteiger partial charge is 0.326 e. The highest BCUT2D eigenvalue weighted by Crippen LogP contribution is 2.11. The maximum Gasteiger partial charge on any atom is 0.326 e. The lowest BCUT2D eigenvalue weighted by Gasteiger charge is -2.25. The highest BCUT2D eigenvalue weighted by Gasteiger charge is 2.31. The molecule has 41 heavy (non-hydrogen) atoms. The van der Waals surface area contributed by atoms with Gasteiger partial charge in [0.2, 0.25) is 23.6 Å². The number of H-pyrrole nitrogens is 1. The molecule has 0 spiro atoms. The average Bonchev–Trinajstić information content (AvgIpc) is 3.42. The monoisotopic (exact) mass is 575 g/mol. The third kappa shape index (κ3) is 11.3. The number of phenols is 1. The van der Waals surface area contributed by atoms with Gasteiger partial charge in [0, 0.05) is 31.2 Å². The number of primary amides is 1. The van der Waals surface area contributed by atoms with Crippen molar-refractivity contribution in [2.24, 2.45) is 11.5 Å². The molecule has 1 aromatic carbocycles. The van der Waals surface area contributed by atoms with E-state index in [1.54, 1.807) is 12.1 Å². The Morgan fingerprint density at radius 3 is 1.98 bits per heavy atom.